The van der Waals surface area contributed by atoms with Crippen LogP contribution in [0, 0.1) is 0 Å². The molecule has 0 aliphatic rings. The zero-order valence-corrected chi connectivity index (χ0v) is 10.9. The Kier molecular flexibility index (Phi) is 6.32. The Bertz CT molecular complexity index is 311. The molecule has 0 spiro atoms. The van der Waals surface area contributed by atoms with E-state index >= 15 is 0 Å². The van der Waals surface area contributed by atoms with Gasteiger partial charge in [-0.2, -0.15) is 0 Å². The number of carbonyl (C=O) groups is 3. The molecule has 3 N–H and O–H groups in total. The smallest absolute Gasteiger partial charge is 0.317 e. The summed E-state index contributed by atoms with van der Waals surface area (Å²) in [5.41, 5.74) is -0.394. The van der Waals surface area contributed by atoms with Crippen LogP contribution in [0.25, 0.3) is 0 Å². The molecule has 0 saturated carbocycles. The van der Waals surface area contributed by atoms with Crippen LogP contribution in [0.2, 0.25) is 0 Å². The summed E-state index contributed by atoms with van der Waals surface area (Å²) in [5.74, 6) is -2.72. The van der Waals surface area contributed by atoms with E-state index in [1.165, 1.54) is 0 Å². The maximum Gasteiger partial charge on any atom is 0.317 e. The predicted molar refractivity (Wildman–Crippen MR) is 64.2 cm³/mol. The number of amides is 1. The molecule has 0 fully saturated rings. The van der Waals surface area contributed by atoms with Crippen molar-refractivity contribution in [3.05, 3.63) is 0 Å². The molecule has 104 valence electrons. The lowest BCUT2D eigenvalue weighted by atomic mass is 10.0. The number of rotatable bonds is 8. The number of nitrogens with one attached hydrogen (secondary N) is 1. The highest BCUT2D eigenvalue weighted by Crippen LogP contribution is 2.06. The van der Waals surface area contributed by atoms with Gasteiger partial charge in [0.05, 0.1) is 19.6 Å². The summed E-state index contributed by atoms with van der Waals surface area (Å²) < 4.78 is 0. The summed E-state index contributed by atoms with van der Waals surface area (Å²) in [6.07, 6.45) is 0.719. The molecule has 0 bridgehead atoms. The first-order chi connectivity index (χ1) is 8.16. The number of carboxylic acids is 2. The average molecular weight is 260 g/mol. The van der Waals surface area contributed by atoms with Crippen molar-refractivity contribution in [2.75, 3.05) is 19.6 Å². The lowest BCUT2D eigenvalue weighted by Crippen LogP contribution is -2.49. The zero-order chi connectivity index (χ0) is 14.3. The van der Waals surface area contributed by atoms with E-state index in [1.807, 2.05) is 20.8 Å². The highest BCUT2D eigenvalue weighted by molar-refractivity contribution is 5.80. The van der Waals surface area contributed by atoms with Gasteiger partial charge in [0.25, 0.3) is 0 Å². The molecule has 0 atom stereocenters. The molecule has 0 radical (unpaired) electrons. The number of aliphatic carboxylic acids is 2. The molecule has 1 amide bonds. The Hall–Kier alpha value is -1.63. The number of carboxylic acid groups (broad SMARTS) is 2. The molecule has 0 unspecified atom stereocenters. The molecule has 7 heteroatoms. The molecule has 0 aliphatic heterocycles. The maximum atomic E-state index is 11.7. The standard InChI is InChI=1S/C11H20N2O5/c1-4-11(2,3)12-8(14)5-13(6-9(15)16)7-10(17)18/h4-7H2,1-3H3,(H,12,14)(H,15,16)(H,17,18). The third-order valence-electron chi connectivity index (χ3n) is 2.45. The van der Waals surface area contributed by atoms with Crippen LogP contribution in [0.5, 0.6) is 0 Å². The Morgan fingerprint density at radius 3 is 1.83 bits per heavy atom. The highest BCUT2D eigenvalue weighted by Gasteiger charge is 2.21. The fraction of sp³-hybridized carbons (Fsp3) is 0.727. The van der Waals surface area contributed by atoms with Gasteiger partial charge >= 0.3 is 11.9 Å². The van der Waals surface area contributed by atoms with E-state index in [2.05, 4.69) is 5.32 Å². The lowest BCUT2D eigenvalue weighted by Gasteiger charge is -2.26. The van der Waals surface area contributed by atoms with Crippen LogP contribution < -0.4 is 5.32 Å². The van der Waals surface area contributed by atoms with Crippen molar-refractivity contribution in [1.29, 1.82) is 0 Å². The van der Waals surface area contributed by atoms with Gasteiger partial charge in [-0.15, -0.1) is 0 Å². The second-order valence-electron chi connectivity index (χ2n) is 4.72. The SMILES string of the molecule is CCC(C)(C)NC(=O)CN(CC(=O)O)CC(=O)O. The van der Waals surface area contributed by atoms with Crippen molar-refractivity contribution in [2.45, 2.75) is 32.7 Å². The van der Waals surface area contributed by atoms with Gasteiger partial charge in [-0.05, 0) is 20.3 Å². The maximum absolute atomic E-state index is 11.7. The van der Waals surface area contributed by atoms with E-state index in [-0.39, 0.29) is 12.5 Å². The Balaban J connectivity index is 4.43. The van der Waals surface area contributed by atoms with Crippen molar-refractivity contribution in [3.8, 4) is 0 Å². The quantitative estimate of drug-likeness (QED) is 0.556. The van der Waals surface area contributed by atoms with E-state index in [9.17, 15) is 14.4 Å². The first kappa shape index (κ1) is 16.4. The van der Waals surface area contributed by atoms with Crippen molar-refractivity contribution < 1.29 is 24.6 Å². The molecule has 7 nitrogen and oxygen atoms in total. The van der Waals surface area contributed by atoms with Crippen LogP contribution in [0.1, 0.15) is 27.2 Å². The topological polar surface area (TPSA) is 107 Å². The van der Waals surface area contributed by atoms with Gasteiger partial charge in [-0.3, -0.25) is 19.3 Å². The second-order valence-corrected chi connectivity index (χ2v) is 4.72. The molecule has 0 aliphatic carbocycles. The van der Waals surface area contributed by atoms with Gasteiger partial charge in [-0.25, -0.2) is 0 Å². The highest BCUT2D eigenvalue weighted by atomic mass is 16.4. The van der Waals surface area contributed by atoms with Crippen LogP contribution in [-0.2, 0) is 14.4 Å². The van der Waals surface area contributed by atoms with Crippen molar-refractivity contribution in [1.82, 2.24) is 10.2 Å². The predicted octanol–water partition coefficient (Wildman–Crippen LogP) is -0.238. The van der Waals surface area contributed by atoms with E-state index < -0.39 is 30.6 Å². The third kappa shape index (κ3) is 7.61. The van der Waals surface area contributed by atoms with Crippen LogP contribution in [0.3, 0.4) is 0 Å². The summed E-state index contributed by atoms with van der Waals surface area (Å²) in [4.78, 5) is 33.8. The van der Waals surface area contributed by atoms with Crippen molar-refractivity contribution in [3.63, 3.8) is 0 Å². The van der Waals surface area contributed by atoms with Crippen molar-refractivity contribution >= 4 is 17.8 Å². The minimum absolute atomic E-state index is 0.248. The molecule has 0 aromatic carbocycles. The Morgan fingerprint density at radius 2 is 1.50 bits per heavy atom. The fourth-order valence-electron chi connectivity index (χ4n) is 1.26. The zero-order valence-electron chi connectivity index (χ0n) is 10.9. The monoisotopic (exact) mass is 260 g/mol. The summed E-state index contributed by atoms with van der Waals surface area (Å²) in [7, 11) is 0. The van der Waals surface area contributed by atoms with Crippen LogP contribution >= 0.6 is 0 Å². The van der Waals surface area contributed by atoms with Gasteiger partial charge in [-0.1, -0.05) is 6.92 Å². The van der Waals surface area contributed by atoms with Crippen LogP contribution in [0.4, 0.5) is 0 Å². The van der Waals surface area contributed by atoms with E-state index in [4.69, 9.17) is 10.2 Å². The van der Waals surface area contributed by atoms with E-state index in [0.29, 0.717) is 0 Å². The number of hydrogen-bond donors (Lipinski definition) is 3. The summed E-state index contributed by atoms with van der Waals surface area (Å²) in [6.45, 7) is 4.38. The van der Waals surface area contributed by atoms with Gasteiger partial charge < -0.3 is 15.5 Å². The average Bonchev–Trinajstić information content (AvgIpc) is 2.14. The van der Waals surface area contributed by atoms with E-state index in [0.717, 1.165) is 11.3 Å². The lowest BCUT2D eigenvalue weighted by molar-refractivity contribution is -0.142. The molecule has 0 saturated heterocycles. The first-order valence-corrected chi connectivity index (χ1v) is 5.63. The van der Waals surface area contributed by atoms with E-state index in [1.54, 1.807) is 0 Å². The van der Waals surface area contributed by atoms with Gasteiger partial charge in [0.2, 0.25) is 5.91 Å². The molecular formula is C11H20N2O5. The Morgan fingerprint density at radius 1 is 1.06 bits per heavy atom. The Labute approximate surface area is 106 Å². The normalized spacial score (nSPS) is 11.3. The van der Waals surface area contributed by atoms with Crippen LogP contribution in [0.15, 0.2) is 0 Å². The number of hydrogen-bond acceptors (Lipinski definition) is 4. The fourth-order valence-corrected chi connectivity index (χ4v) is 1.26. The second kappa shape index (κ2) is 6.95. The number of carbonyl (C=O) groups excluding carboxylic acids is 1. The van der Waals surface area contributed by atoms with Gasteiger partial charge in [0.1, 0.15) is 0 Å². The molecule has 0 aromatic heterocycles. The molecular weight excluding hydrogens is 240 g/mol. The summed E-state index contributed by atoms with van der Waals surface area (Å²) in [5, 5.41) is 20.0. The molecule has 0 aromatic rings. The molecule has 0 heterocycles. The molecule has 0 rings (SSSR count). The van der Waals surface area contributed by atoms with Gasteiger partial charge in [0.15, 0.2) is 0 Å². The molecule has 18 heavy (non-hydrogen) atoms. The van der Waals surface area contributed by atoms with Crippen LogP contribution in [-0.4, -0.2) is 58.1 Å². The van der Waals surface area contributed by atoms with Crippen molar-refractivity contribution in [2.24, 2.45) is 0 Å². The third-order valence-corrected chi connectivity index (χ3v) is 2.45. The largest absolute Gasteiger partial charge is 0.480 e. The minimum Gasteiger partial charge on any atom is -0.480 e. The number of nitrogens with zero attached hydrogens (tertiary/aromatic N) is 1. The minimum atomic E-state index is -1.17. The summed E-state index contributed by atoms with van der Waals surface area (Å²) >= 11 is 0. The first-order valence-electron chi connectivity index (χ1n) is 5.63. The summed E-state index contributed by atoms with van der Waals surface area (Å²) in [6, 6.07) is 0. The van der Waals surface area contributed by atoms with Gasteiger partial charge in [0, 0.05) is 5.54 Å².